The lowest BCUT2D eigenvalue weighted by molar-refractivity contribution is -0.159. The van der Waals surface area contributed by atoms with E-state index >= 15 is 0 Å². The number of carbonyl (C=O) groups is 2. The summed E-state index contributed by atoms with van der Waals surface area (Å²) in [6, 6.07) is 18.8. The number of anilines is 1. The summed E-state index contributed by atoms with van der Waals surface area (Å²) >= 11 is 0. The Morgan fingerprint density at radius 2 is 1.68 bits per heavy atom. The molecule has 34 heavy (non-hydrogen) atoms. The van der Waals surface area contributed by atoms with Gasteiger partial charge in [0.1, 0.15) is 5.75 Å². The molecule has 0 bridgehead atoms. The van der Waals surface area contributed by atoms with Crippen molar-refractivity contribution >= 4 is 17.8 Å². The molecule has 0 N–H and O–H groups in total. The largest absolute Gasteiger partial charge is 0.494 e. The Hall–Kier alpha value is -3.94. The number of hydrogen-bond donors (Lipinski definition) is 0. The lowest BCUT2D eigenvalue weighted by Gasteiger charge is -2.36. The third-order valence-electron chi connectivity index (χ3n) is 5.59. The zero-order chi connectivity index (χ0) is 23.9. The van der Waals surface area contributed by atoms with Crippen molar-refractivity contribution in [3.8, 4) is 17.0 Å². The summed E-state index contributed by atoms with van der Waals surface area (Å²) in [5, 5.41) is 0. The van der Waals surface area contributed by atoms with E-state index in [9.17, 15) is 9.59 Å². The second-order valence-corrected chi connectivity index (χ2v) is 7.91. The van der Waals surface area contributed by atoms with Gasteiger partial charge in [0, 0.05) is 50.4 Å². The average Bonchev–Trinajstić information content (AvgIpc) is 2.88. The summed E-state index contributed by atoms with van der Waals surface area (Å²) < 4.78 is 10.9. The van der Waals surface area contributed by atoms with Crippen molar-refractivity contribution in [1.82, 2.24) is 14.9 Å². The van der Waals surface area contributed by atoms with E-state index in [0.29, 0.717) is 44.3 Å². The number of benzene rings is 2. The number of esters is 1. The van der Waals surface area contributed by atoms with Crippen LogP contribution in [0.15, 0.2) is 66.9 Å². The second-order valence-electron chi connectivity index (χ2n) is 7.91. The first-order valence-corrected chi connectivity index (χ1v) is 11.4. The minimum absolute atomic E-state index is 0.217. The molecule has 1 saturated heterocycles. The third-order valence-corrected chi connectivity index (χ3v) is 5.59. The van der Waals surface area contributed by atoms with E-state index in [1.807, 2.05) is 55.5 Å². The molecule has 1 aliphatic rings. The Balaban J connectivity index is 1.42. The van der Waals surface area contributed by atoms with Crippen molar-refractivity contribution < 1.29 is 19.1 Å². The van der Waals surface area contributed by atoms with E-state index in [1.165, 1.54) is 6.92 Å². The van der Waals surface area contributed by atoms with Gasteiger partial charge in [-0.25, -0.2) is 9.97 Å². The fourth-order valence-corrected chi connectivity index (χ4v) is 3.90. The van der Waals surface area contributed by atoms with Gasteiger partial charge in [-0.1, -0.05) is 30.3 Å². The topological polar surface area (TPSA) is 84.9 Å². The van der Waals surface area contributed by atoms with Crippen LogP contribution in [0.1, 0.15) is 25.5 Å². The molecule has 8 heteroatoms. The molecule has 1 atom stereocenters. The minimum atomic E-state index is -0.940. The Labute approximate surface area is 199 Å². The number of hydrogen-bond acceptors (Lipinski definition) is 7. The van der Waals surface area contributed by atoms with Gasteiger partial charge in [0.25, 0.3) is 5.91 Å². The fraction of sp³-hybridized carbons (Fsp3) is 0.308. The number of amides is 1. The normalized spacial score (nSPS) is 14.4. The predicted molar refractivity (Wildman–Crippen MR) is 128 cm³/mol. The van der Waals surface area contributed by atoms with Gasteiger partial charge in [0.15, 0.2) is 0 Å². The van der Waals surface area contributed by atoms with Crippen LogP contribution in [0.25, 0.3) is 11.3 Å². The smallest absolute Gasteiger partial charge is 0.303 e. The Morgan fingerprint density at radius 1 is 0.971 bits per heavy atom. The molecule has 0 aliphatic carbocycles. The standard InChI is InChI=1S/C26H28N4O4/c1-3-33-22-11-9-20(10-12-22)23-13-14-27-26(28-23)30-17-15-29(16-18-30)25(32)24(34-19(2)31)21-7-5-4-6-8-21/h4-14,24H,3,15-18H2,1-2H3/t24-/m0/s1. The van der Waals surface area contributed by atoms with Gasteiger partial charge < -0.3 is 19.3 Å². The van der Waals surface area contributed by atoms with Crippen molar-refractivity contribution in [2.75, 3.05) is 37.7 Å². The van der Waals surface area contributed by atoms with Crippen LogP contribution in [0.3, 0.4) is 0 Å². The van der Waals surface area contributed by atoms with E-state index in [1.54, 1.807) is 23.2 Å². The zero-order valence-corrected chi connectivity index (χ0v) is 19.4. The monoisotopic (exact) mass is 460 g/mol. The van der Waals surface area contributed by atoms with Crippen LogP contribution in [-0.4, -0.2) is 59.5 Å². The number of rotatable bonds is 7. The molecule has 0 radical (unpaired) electrons. The Kier molecular flexibility index (Phi) is 7.37. The Bertz CT molecular complexity index is 1110. The van der Waals surface area contributed by atoms with E-state index in [-0.39, 0.29) is 5.91 Å². The summed E-state index contributed by atoms with van der Waals surface area (Å²) in [7, 11) is 0. The lowest BCUT2D eigenvalue weighted by atomic mass is 10.1. The van der Waals surface area contributed by atoms with Crippen molar-refractivity contribution in [2.45, 2.75) is 20.0 Å². The highest BCUT2D eigenvalue weighted by atomic mass is 16.5. The second kappa shape index (κ2) is 10.8. The summed E-state index contributed by atoms with van der Waals surface area (Å²) in [4.78, 5) is 37.8. The van der Waals surface area contributed by atoms with Crippen LogP contribution in [0, 0.1) is 0 Å². The predicted octanol–water partition coefficient (Wildman–Crippen LogP) is 3.50. The van der Waals surface area contributed by atoms with Crippen molar-refractivity contribution in [2.24, 2.45) is 0 Å². The van der Waals surface area contributed by atoms with Crippen LogP contribution in [0.4, 0.5) is 5.95 Å². The maximum Gasteiger partial charge on any atom is 0.303 e. The quantitative estimate of drug-likeness (QED) is 0.499. The van der Waals surface area contributed by atoms with Crippen molar-refractivity contribution in [3.05, 3.63) is 72.4 Å². The fourth-order valence-electron chi connectivity index (χ4n) is 3.90. The van der Waals surface area contributed by atoms with Crippen LogP contribution in [0.2, 0.25) is 0 Å². The molecule has 4 rings (SSSR count). The van der Waals surface area contributed by atoms with Gasteiger partial charge in [0.2, 0.25) is 12.1 Å². The lowest BCUT2D eigenvalue weighted by Crippen LogP contribution is -2.50. The molecule has 0 saturated carbocycles. The first-order valence-electron chi connectivity index (χ1n) is 11.4. The van der Waals surface area contributed by atoms with E-state index in [2.05, 4.69) is 9.88 Å². The molecule has 8 nitrogen and oxygen atoms in total. The highest BCUT2D eigenvalue weighted by molar-refractivity contribution is 5.85. The molecule has 0 unspecified atom stereocenters. The summed E-state index contributed by atoms with van der Waals surface area (Å²) in [5.74, 6) is 0.743. The molecule has 176 valence electrons. The molecule has 1 aromatic heterocycles. The molecule has 2 heterocycles. The van der Waals surface area contributed by atoms with E-state index in [0.717, 1.165) is 17.0 Å². The molecular weight excluding hydrogens is 432 g/mol. The van der Waals surface area contributed by atoms with Crippen LogP contribution >= 0.6 is 0 Å². The molecule has 1 aliphatic heterocycles. The van der Waals surface area contributed by atoms with Crippen molar-refractivity contribution in [3.63, 3.8) is 0 Å². The molecule has 1 fully saturated rings. The third kappa shape index (κ3) is 5.51. The van der Waals surface area contributed by atoms with Crippen LogP contribution in [0.5, 0.6) is 5.75 Å². The highest BCUT2D eigenvalue weighted by Crippen LogP contribution is 2.24. The highest BCUT2D eigenvalue weighted by Gasteiger charge is 2.31. The van der Waals surface area contributed by atoms with Crippen molar-refractivity contribution in [1.29, 1.82) is 0 Å². The number of carbonyl (C=O) groups excluding carboxylic acids is 2. The molecule has 2 aromatic carbocycles. The number of aromatic nitrogens is 2. The van der Waals surface area contributed by atoms with Crippen LogP contribution in [-0.2, 0) is 14.3 Å². The first-order chi connectivity index (χ1) is 16.5. The minimum Gasteiger partial charge on any atom is -0.494 e. The maximum atomic E-state index is 13.2. The number of ether oxygens (including phenoxy) is 2. The van der Waals surface area contributed by atoms with E-state index < -0.39 is 12.1 Å². The SMILES string of the molecule is CCOc1ccc(-c2ccnc(N3CCN(C(=O)[C@@H](OC(C)=O)c4ccccc4)CC3)n2)cc1. The molecular formula is C26H28N4O4. The average molecular weight is 461 g/mol. The molecule has 0 spiro atoms. The molecule has 1 amide bonds. The Morgan fingerprint density at radius 3 is 2.32 bits per heavy atom. The van der Waals surface area contributed by atoms with Gasteiger partial charge in [-0.05, 0) is 37.3 Å². The number of piperazine rings is 1. The maximum absolute atomic E-state index is 13.2. The van der Waals surface area contributed by atoms with Gasteiger partial charge >= 0.3 is 5.97 Å². The van der Waals surface area contributed by atoms with Crippen LogP contribution < -0.4 is 9.64 Å². The van der Waals surface area contributed by atoms with Gasteiger partial charge in [-0.2, -0.15) is 0 Å². The summed E-state index contributed by atoms with van der Waals surface area (Å²) in [5.41, 5.74) is 2.47. The zero-order valence-electron chi connectivity index (χ0n) is 19.4. The van der Waals surface area contributed by atoms with Gasteiger partial charge in [-0.15, -0.1) is 0 Å². The number of nitrogens with zero attached hydrogens (tertiary/aromatic N) is 4. The van der Waals surface area contributed by atoms with Gasteiger partial charge in [0.05, 0.1) is 12.3 Å². The first kappa shape index (κ1) is 23.2. The van der Waals surface area contributed by atoms with E-state index in [4.69, 9.17) is 14.5 Å². The molecule has 3 aromatic rings. The summed E-state index contributed by atoms with van der Waals surface area (Å²) in [6.07, 6.45) is 0.808. The van der Waals surface area contributed by atoms with Gasteiger partial charge in [-0.3, -0.25) is 9.59 Å². The summed E-state index contributed by atoms with van der Waals surface area (Å²) in [6.45, 7) is 6.03.